The number of rotatable bonds is 5. The van der Waals surface area contributed by atoms with E-state index in [9.17, 15) is 4.79 Å². The average molecular weight is 347 g/mol. The van der Waals surface area contributed by atoms with Gasteiger partial charge in [0, 0.05) is 24.3 Å². The number of anilines is 1. The standard InChI is InChI=1S/C18H25N3O2S/c1-13(22)23-10-9-15-11-16-17(19-12-20-18(16)24-15)21-14-7-5-3-2-4-6-8-14/h11-12,14H,2-10H2,1H3,(H,19,20,21). The van der Waals surface area contributed by atoms with Crippen LogP contribution in [0.4, 0.5) is 5.82 Å². The van der Waals surface area contributed by atoms with Crippen LogP contribution in [-0.2, 0) is 16.0 Å². The molecule has 1 saturated carbocycles. The number of aromatic nitrogens is 2. The maximum Gasteiger partial charge on any atom is 0.302 e. The van der Waals surface area contributed by atoms with Crippen molar-refractivity contribution in [2.45, 2.75) is 64.3 Å². The van der Waals surface area contributed by atoms with Crippen LogP contribution in [0.15, 0.2) is 12.4 Å². The van der Waals surface area contributed by atoms with Gasteiger partial charge in [-0.2, -0.15) is 0 Å². The molecule has 1 fully saturated rings. The van der Waals surface area contributed by atoms with Crippen molar-refractivity contribution in [3.8, 4) is 0 Å². The van der Waals surface area contributed by atoms with Crippen molar-refractivity contribution >= 4 is 33.3 Å². The zero-order valence-electron chi connectivity index (χ0n) is 14.2. The third kappa shape index (κ3) is 4.66. The van der Waals surface area contributed by atoms with Gasteiger partial charge in [-0.05, 0) is 18.9 Å². The highest BCUT2D eigenvalue weighted by atomic mass is 32.1. The summed E-state index contributed by atoms with van der Waals surface area (Å²) in [7, 11) is 0. The van der Waals surface area contributed by atoms with Gasteiger partial charge < -0.3 is 10.1 Å². The van der Waals surface area contributed by atoms with Crippen molar-refractivity contribution in [1.82, 2.24) is 9.97 Å². The van der Waals surface area contributed by atoms with Crippen LogP contribution in [-0.4, -0.2) is 28.6 Å². The maximum atomic E-state index is 10.9. The van der Waals surface area contributed by atoms with Crippen LogP contribution in [0.1, 0.15) is 56.7 Å². The summed E-state index contributed by atoms with van der Waals surface area (Å²) in [6.45, 7) is 1.86. The van der Waals surface area contributed by atoms with E-state index in [-0.39, 0.29) is 5.97 Å². The first kappa shape index (κ1) is 17.1. The fourth-order valence-electron chi connectivity index (χ4n) is 3.23. The summed E-state index contributed by atoms with van der Waals surface area (Å²) in [6.07, 6.45) is 11.5. The van der Waals surface area contributed by atoms with Crippen LogP contribution in [0.3, 0.4) is 0 Å². The predicted octanol–water partition coefficient (Wildman–Crippen LogP) is 4.32. The lowest BCUT2D eigenvalue weighted by atomic mass is 9.97. The number of hydrogen-bond donors (Lipinski definition) is 1. The number of fused-ring (bicyclic) bond motifs is 1. The van der Waals surface area contributed by atoms with Gasteiger partial charge in [-0.25, -0.2) is 9.97 Å². The van der Waals surface area contributed by atoms with E-state index in [1.807, 2.05) is 0 Å². The third-order valence-electron chi connectivity index (χ3n) is 4.48. The predicted molar refractivity (Wildman–Crippen MR) is 97.5 cm³/mol. The molecule has 6 heteroatoms. The number of hydrogen-bond acceptors (Lipinski definition) is 6. The molecule has 1 aliphatic carbocycles. The molecule has 2 aromatic rings. The lowest BCUT2D eigenvalue weighted by molar-refractivity contribution is -0.140. The molecule has 24 heavy (non-hydrogen) atoms. The van der Waals surface area contributed by atoms with Gasteiger partial charge in [0.2, 0.25) is 0 Å². The fourth-order valence-corrected chi connectivity index (χ4v) is 4.21. The molecule has 2 aromatic heterocycles. The minimum atomic E-state index is -0.234. The van der Waals surface area contributed by atoms with Gasteiger partial charge in [0.25, 0.3) is 0 Å². The first-order chi connectivity index (χ1) is 11.7. The smallest absolute Gasteiger partial charge is 0.302 e. The summed E-state index contributed by atoms with van der Waals surface area (Å²) in [4.78, 5) is 21.9. The Morgan fingerprint density at radius 2 is 2.00 bits per heavy atom. The zero-order chi connectivity index (χ0) is 16.8. The molecule has 2 heterocycles. The Morgan fingerprint density at radius 3 is 2.75 bits per heavy atom. The van der Waals surface area contributed by atoms with Crippen LogP contribution < -0.4 is 5.32 Å². The number of nitrogens with zero attached hydrogens (tertiary/aromatic N) is 2. The lowest BCUT2D eigenvalue weighted by Gasteiger charge is -2.21. The van der Waals surface area contributed by atoms with Gasteiger partial charge in [0.1, 0.15) is 17.0 Å². The normalized spacial score (nSPS) is 16.5. The number of ether oxygens (including phenoxy) is 1. The monoisotopic (exact) mass is 347 g/mol. The highest BCUT2D eigenvalue weighted by molar-refractivity contribution is 7.18. The van der Waals surface area contributed by atoms with Gasteiger partial charge in [-0.3, -0.25) is 4.79 Å². The Balaban J connectivity index is 1.70. The van der Waals surface area contributed by atoms with E-state index in [1.165, 1.54) is 56.7 Å². The van der Waals surface area contributed by atoms with E-state index in [1.54, 1.807) is 17.7 Å². The second kappa shape index (κ2) is 8.42. The summed E-state index contributed by atoms with van der Waals surface area (Å²) < 4.78 is 5.04. The Hall–Kier alpha value is -1.69. The van der Waals surface area contributed by atoms with Crippen molar-refractivity contribution in [3.05, 3.63) is 17.3 Å². The molecule has 0 amide bonds. The highest BCUT2D eigenvalue weighted by Gasteiger charge is 2.15. The van der Waals surface area contributed by atoms with Crippen LogP contribution in [0.5, 0.6) is 0 Å². The number of thiophene rings is 1. The van der Waals surface area contributed by atoms with Crippen LogP contribution in [0.2, 0.25) is 0 Å². The number of carbonyl (C=O) groups excluding carboxylic acids is 1. The quantitative estimate of drug-likeness (QED) is 0.816. The third-order valence-corrected chi connectivity index (χ3v) is 5.58. The first-order valence-electron chi connectivity index (χ1n) is 8.85. The minimum absolute atomic E-state index is 0.234. The molecule has 0 bridgehead atoms. The number of carbonyl (C=O) groups is 1. The number of esters is 1. The Labute approximate surface area is 146 Å². The van der Waals surface area contributed by atoms with E-state index < -0.39 is 0 Å². The largest absolute Gasteiger partial charge is 0.465 e. The van der Waals surface area contributed by atoms with E-state index in [0.29, 0.717) is 12.6 Å². The highest BCUT2D eigenvalue weighted by Crippen LogP contribution is 2.30. The van der Waals surface area contributed by atoms with Crippen LogP contribution in [0.25, 0.3) is 10.2 Å². The molecule has 0 aliphatic heterocycles. The summed E-state index contributed by atoms with van der Waals surface area (Å²) >= 11 is 1.65. The summed E-state index contributed by atoms with van der Waals surface area (Å²) in [5.41, 5.74) is 0. The molecular formula is C18H25N3O2S. The van der Waals surface area contributed by atoms with Crippen molar-refractivity contribution in [2.75, 3.05) is 11.9 Å². The molecule has 0 unspecified atom stereocenters. The fraction of sp³-hybridized carbons (Fsp3) is 0.611. The molecule has 0 saturated heterocycles. The Morgan fingerprint density at radius 1 is 1.25 bits per heavy atom. The van der Waals surface area contributed by atoms with Crippen molar-refractivity contribution in [1.29, 1.82) is 0 Å². The molecule has 1 N–H and O–H groups in total. The number of nitrogens with one attached hydrogen (secondary N) is 1. The van der Waals surface area contributed by atoms with Crippen molar-refractivity contribution in [2.24, 2.45) is 0 Å². The van der Waals surface area contributed by atoms with E-state index in [2.05, 4.69) is 21.4 Å². The zero-order valence-corrected chi connectivity index (χ0v) is 15.0. The molecular weight excluding hydrogens is 322 g/mol. The lowest BCUT2D eigenvalue weighted by Crippen LogP contribution is -2.21. The van der Waals surface area contributed by atoms with Gasteiger partial charge in [0.05, 0.1) is 12.0 Å². The summed E-state index contributed by atoms with van der Waals surface area (Å²) in [6, 6.07) is 2.64. The van der Waals surface area contributed by atoms with Crippen molar-refractivity contribution in [3.63, 3.8) is 0 Å². The Bertz CT molecular complexity index is 678. The maximum absolute atomic E-state index is 10.9. The van der Waals surface area contributed by atoms with E-state index in [0.717, 1.165) is 22.5 Å². The molecule has 5 nitrogen and oxygen atoms in total. The second-order valence-corrected chi connectivity index (χ2v) is 7.55. The summed E-state index contributed by atoms with van der Waals surface area (Å²) in [5, 5.41) is 4.74. The van der Waals surface area contributed by atoms with Gasteiger partial charge >= 0.3 is 5.97 Å². The molecule has 130 valence electrons. The molecule has 0 atom stereocenters. The van der Waals surface area contributed by atoms with Crippen molar-refractivity contribution < 1.29 is 9.53 Å². The molecule has 0 radical (unpaired) electrons. The van der Waals surface area contributed by atoms with Gasteiger partial charge in [-0.1, -0.05) is 32.1 Å². The first-order valence-corrected chi connectivity index (χ1v) is 9.67. The molecule has 0 spiro atoms. The van der Waals surface area contributed by atoms with Gasteiger partial charge in [0.15, 0.2) is 0 Å². The van der Waals surface area contributed by atoms with Crippen LogP contribution in [0, 0.1) is 0 Å². The van der Waals surface area contributed by atoms with Gasteiger partial charge in [-0.15, -0.1) is 11.3 Å². The SMILES string of the molecule is CC(=O)OCCc1cc2c(NC3CCCCCCC3)ncnc2s1. The van der Waals surface area contributed by atoms with E-state index in [4.69, 9.17) is 4.74 Å². The second-order valence-electron chi connectivity index (χ2n) is 6.43. The summed E-state index contributed by atoms with van der Waals surface area (Å²) in [5.74, 6) is 0.711. The van der Waals surface area contributed by atoms with Crippen LogP contribution >= 0.6 is 11.3 Å². The molecule has 3 rings (SSSR count). The van der Waals surface area contributed by atoms with E-state index >= 15 is 0 Å². The topological polar surface area (TPSA) is 64.1 Å². The Kier molecular flexibility index (Phi) is 6.01. The average Bonchev–Trinajstić information content (AvgIpc) is 2.93. The molecule has 0 aromatic carbocycles. The minimum Gasteiger partial charge on any atom is -0.465 e. The molecule has 1 aliphatic rings.